The number of carbonyl (C=O) groups is 1. The molecular weight excluding hydrogens is 230 g/mol. The van der Waals surface area contributed by atoms with Crippen LogP contribution in [0.4, 0.5) is 0 Å². The fraction of sp³-hybridized carbons (Fsp3) is 0.600. The molecule has 2 rings (SSSR count). The monoisotopic (exact) mass is 243 g/mol. The molecular formula is C10H14ClN3O2. The molecule has 0 amide bonds. The number of carboxylic acids is 1. The maximum absolute atomic E-state index is 10.8. The van der Waals surface area contributed by atoms with Crippen molar-refractivity contribution in [2.24, 2.45) is 0 Å². The average molecular weight is 244 g/mol. The van der Waals surface area contributed by atoms with Gasteiger partial charge in [0, 0.05) is 5.92 Å². The number of halogens is 1. The number of aromatic amines is 1. The lowest BCUT2D eigenvalue weighted by molar-refractivity contribution is 0.0690. The highest BCUT2D eigenvalue weighted by Crippen LogP contribution is 2.32. The number of H-pyrrole nitrogens is 1. The van der Waals surface area contributed by atoms with E-state index < -0.39 is 5.97 Å². The van der Waals surface area contributed by atoms with Gasteiger partial charge in [0.1, 0.15) is 0 Å². The third kappa shape index (κ3) is 2.05. The molecule has 0 aromatic carbocycles. The molecule has 1 fully saturated rings. The van der Waals surface area contributed by atoms with Gasteiger partial charge in [0.05, 0.1) is 10.7 Å². The van der Waals surface area contributed by atoms with Crippen LogP contribution < -0.4 is 0 Å². The zero-order valence-corrected chi connectivity index (χ0v) is 9.79. The smallest absolute Gasteiger partial charge is 0.357 e. The summed E-state index contributed by atoms with van der Waals surface area (Å²) in [7, 11) is 2.08. The van der Waals surface area contributed by atoms with E-state index in [0.717, 1.165) is 31.6 Å². The number of carboxylic acid groups (broad SMARTS) is 1. The van der Waals surface area contributed by atoms with Gasteiger partial charge in [-0.2, -0.15) is 5.10 Å². The number of nitrogens with one attached hydrogen (secondary N) is 1. The molecule has 0 aliphatic carbocycles. The van der Waals surface area contributed by atoms with Gasteiger partial charge < -0.3 is 10.0 Å². The average Bonchev–Trinajstić information content (AvgIpc) is 2.61. The molecule has 0 saturated carbocycles. The molecule has 1 aromatic heterocycles. The summed E-state index contributed by atoms with van der Waals surface area (Å²) in [6.07, 6.45) is 1.97. The van der Waals surface area contributed by atoms with Gasteiger partial charge in [0.25, 0.3) is 0 Å². The second-order valence-electron chi connectivity index (χ2n) is 4.18. The van der Waals surface area contributed by atoms with Crippen LogP contribution in [0.3, 0.4) is 0 Å². The molecule has 1 saturated heterocycles. The molecule has 16 heavy (non-hydrogen) atoms. The summed E-state index contributed by atoms with van der Waals surface area (Å²) in [6, 6.07) is 0. The fourth-order valence-corrected chi connectivity index (χ4v) is 2.37. The summed E-state index contributed by atoms with van der Waals surface area (Å²) < 4.78 is 0. The quantitative estimate of drug-likeness (QED) is 0.827. The van der Waals surface area contributed by atoms with Crippen molar-refractivity contribution < 1.29 is 9.90 Å². The Hall–Kier alpha value is -1.07. The molecule has 1 aliphatic rings. The van der Waals surface area contributed by atoms with Crippen molar-refractivity contribution in [3.05, 3.63) is 16.4 Å². The van der Waals surface area contributed by atoms with Crippen molar-refractivity contribution in [3.63, 3.8) is 0 Å². The zero-order chi connectivity index (χ0) is 11.7. The van der Waals surface area contributed by atoms with E-state index in [2.05, 4.69) is 22.1 Å². The lowest BCUT2D eigenvalue weighted by Crippen LogP contribution is -2.29. The summed E-state index contributed by atoms with van der Waals surface area (Å²) in [5, 5.41) is 15.6. The van der Waals surface area contributed by atoms with E-state index in [4.69, 9.17) is 16.7 Å². The zero-order valence-electron chi connectivity index (χ0n) is 9.03. The molecule has 0 unspecified atom stereocenters. The topological polar surface area (TPSA) is 69.2 Å². The van der Waals surface area contributed by atoms with Crippen molar-refractivity contribution in [2.45, 2.75) is 18.8 Å². The molecule has 0 radical (unpaired) electrons. The van der Waals surface area contributed by atoms with Crippen molar-refractivity contribution >= 4 is 17.6 Å². The third-order valence-corrected chi connectivity index (χ3v) is 3.44. The molecule has 1 aliphatic heterocycles. The van der Waals surface area contributed by atoms with E-state index in [9.17, 15) is 4.79 Å². The van der Waals surface area contributed by atoms with Gasteiger partial charge in [0.2, 0.25) is 0 Å². The van der Waals surface area contributed by atoms with E-state index in [0.29, 0.717) is 5.92 Å². The van der Waals surface area contributed by atoms with Crippen molar-refractivity contribution in [2.75, 3.05) is 20.1 Å². The third-order valence-electron chi connectivity index (χ3n) is 3.06. The van der Waals surface area contributed by atoms with Gasteiger partial charge in [-0.05, 0) is 33.0 Å². The largest absolute Gasteiger partial charge is 0.476 e. The second kappa shape index (κ2) is 4.43. The Labute approximate surface area is 98.4 Å². The minimum Gasteiger partial charge on any atom is -0.476 e. The number of aromatic carboxylic acids is 1. The Morgan fingerprint density at radius 2 is 2.19 bits per heavy atom. The summed E-state index contributed by atoms with van der Waals surface area (Å²) in [5.74, 6) is -0.787. The minimum absolute atomic E-state index is 0.0735. The number of hydrogen-bond donors (Lipinski definition) is 2. The normalized spacial score (nSPS) is 18.9. The van der Waals surface area contributed by atoms with Crippen molar-refractivity contribution in [1.82, 2.24) is 15.1 Å². The number of aromatic nitrogens is 2. The predicted octanol–water partition coefficient (Wildman–Crippen LogP) is 1.57. The van der Waals surface area contributed by atoms with E-state index in [1.165, 1.54) is 0 Å². The molecule has 0 atom stereocenters. The van der Waals surface area contributed by atoms with Gasteiger partial charge in [-0.25, -0.2) is 4.79 Å². The summed E-state index contributed by atoms with van der Waals surface area (Å²) >= 11 is 6.00. The van der Waals surface area contributed by atoms with Crippen LogP contribution in [0.25, 0.3) is 0 Å². The van der Waals surface area contributed by atoms with Gasteiger partial charge in [-0.1, -0.05) is 11.6 Å². The number of rotatable bonds is 2. The Bertz CT molecular complexity index is 397. The predicted molar refractivity (Wildman–Crippen MR) is 60.0 cm³/mol. The molecule has 6 heteroatoms. The molecule has 5 nitrogen and oxygen atoms in total. The lowest BCUT2D eigenvalue weighted by Gasteiger charge is -2.28. The van der Waals surface area contributed by atoms with Crippen LogP contribution in [0.1, 0.15) is 34.9 Å². The number of likely N-dealkylation sites (tertiary alicyclic amines) is 1. The van der Waals surface area contributed by atoms with Crippen LogP contribution in [0.15, 0.2) is 0 Å². The van der Waals surface area contributed by atoms with Crippen LogP contribution in [0.5, 0.6) is 0 Å². The highest BCUT2D eigenvalue weighted by atomic mass is 35.5. The molecule has 2 heterocycles. The van der Waals surface area contributed by atoms with Crippen LogP contribution in [-0.4, -0.2) is 46.3 Å². The highest BCUT2D eigenvalue weighted by molar-refractivity contribution is 6.33. The maximum atomic E-state index is 10.8. The number of piperidine rings is 1. The Morgan fingerprint density at radius 1 is 1.56 bits per heavy atom. The Kier molecular flexibility index (Phi) is 3.16. The van der Waals surface area contributed by atoms with E-state index in [-0.39, 0.29) is 10.7 Å². The first kappa shape index (κ1) is 11.4. The van der Waals surface area contributed by atoms with Crippen molar-refractivity contribution in [3.8, 4) is 0 Å². The van der Waals surface area contributed by atoms with Gasteiger partial charge in [-0.3, -0.25) is 5.10 Å². The van der Waals surface area contributed by atoms with E-state index in [1.807, 2.05) is 0 Å². The van der Waals surface area contributed by atoms with Crippen LogP contribution in [0.2, 0.25) is 5.02 Å². The van der Waals surface area contributed by atoms with Gasteiger partial charge in [0.15, 0.2) is 5.69 Å². The summed E-state index contributed by atoms with van der Waals surface area (Å²) in [6.45, 7) is 2.00. The summed E-state index contributed by atoms with van der Waals surface area (Å²) in [4.78, 5) is 13.0. The molecule has 0 bridgehead atoms. The molecule has 0 spiro atoms. The lowest BCUT2D eigenvalue weighted by atomic mass is 9.93. The van der Waals surface area contributed by atoms with Crippen molar-refractivity contribution in [1.29, 1.82) is 0 Å². The van der Waals surface area contributed by atoms with E-state index in [1.54, 1.807) is 0 Å². The van der Waals surface area contributed by atoms with Gasteiger partial charge >= 0.3 is 5.97 Å². The van der Waals surface area contributed by atoms with Crippen LogP contribution in [-0.2, 0) is 0 Å². The SMILES string of the molecule is CN1CCC(c2[nH]nc(C(=O)O)c2Cl)CC1. The van der Waals surface area contributed by atoms with Crippen LogP contribution >= 0.6 is 11.6 Å². The van der Waals surface area contributed by atoms with Gasteiger partial charge in [-0.15, -0.1) is 0 Å². The highest BCUT2D eigenvalue weighted by Gasteiger charge is 2.25. The number of nitrogens with zero attached hydrogens (tertiary/aromatic N) is 2. The Balaban J connectivity index is 2.18. The first-order valence-electron chi connectivity index (χ1n) is 5.25. The molecule has 2 N–H and O–H groups in total. The number of hydrogen-bond acceptors (Lipinski definition) is 3. The van der Waals surface area contributed by atoms with E-state index >= 15 is 0 Å². The standard InChI is InChI=1S/C10H14ClN3O2/c1-14-4-2-6(3-5-14)8-7(11)9(10(15)16)13-12-8/h6H,2-5H2,1H3,(H,12,13)(H,15,16). The first-order chi connectivity index (χ1) is 7.59. The minimum atomic E-state index is -1.08. The molecule has 88 valence electrons. The van der Waals surface area contributed by atoms with Crippen LogP contribution in [0, 0.1) is 0 Å². The fourth-order valence-electron chi connectivity index (χ4n) is 2.05. The second-order valence-corrected chi connectivity index (χ2v) is 4.56. The Morgan fingerprint density at radius 3 is 2.69 bits per heavy atom. The maximum Gasteiger partial charge on any atom is 0.357 e. The molecule has 1 aromatic rings. The summed E-state index contributed by atoms with van der Waals surface area (Å²) in [5.41, 5.74) is 0.697. The first-order valence-corrected chi connectivity index (χ1v) is 5.63.